The van der Waals surface area contributed by atoms with Crippen LogP contribution in [0.1, 0.15) is 45.4 Å². The molecule has 2 aliphatic rings. The first-order chi connectivity index (χ1) is 14.3. The van der Waals surface area contributed by atoms with E-state index in [1.54, 1.807) is 11.8 Å². The number of hydrogen-bond acceptors (Lipinski definition) is 5. The fraction of sp³-hybridized carbons (Fsp3) is 0.619. The summed E-state index contributed by atoms with van der Waals surface area (Å²) in [5.74, 6) is -1.90. The third kappa shape index (κ3) is 5.37. The number of piperidine rings is 1. The average molecular weight is 441 g/mol. The standard InChI is InChI=1S/C21H29FN2O5S/c1-16(20(25)23-12-4-2-3-5-13-23)29-21(26)17-7-6-14-24(15-17)30(27,28)19-10-8-18(22)9-11-19/h8-11,16-17H,2-7,12-15H2,1H3/t16-,17+/m1/s1. The molecule has 1 aromatic rings. The number of carbonyl (C=O) groups excluding carboxylic acids is 2. The zero-order valence-corrected chi connectivity index (χ0v) is 18.1. The van der Waals surface area contributed by atoms with Gasteiger partial charge in [-0.2, -0.15) is 4.31 Å². The molecule has 0 N–H and O–H groups in total. The van der Waals surface area contributed by atoms with Crippen molar-refractivity contribution >= 4 is 21.9 Å². The van der Waals surface area contributed by atoms with Gasteiger partial charge in [0.2, 0.25) is 10.0 Å². The third-order valence-electron chi connectivity index (χ3n) is 5.73. The maximum Gasteiger partial charge on any atom is 0.311 e. The Kier molecular flexibility index (Phi) is 7.46. The van der Waals surface area contributed by atoms with Gasteiger partial charge in [-0.1, -0.05) is 12.8 Å². The van der Waals surface area contributed by atoms with Gasteiger partial charge < -0.3 is 9.64 Å². The van der Waals surface area contributed by atoms with Crippen LogP contribution >= 0.6 is 0 Å². The van der Waals surface area contributed by atoms with Crippen LogP contribution in [-0.4, -0.2) is 61.8 Å². The Labute approximate surface area is 177 Å². The molecular formula is C21H29FN2O5S. The first-order valence-electron chi connectivity index (χ1n) is 10.5. The SMILES string of the molecule is C[C@@H](OC(=O)[C@H]1CCCN(S(=O)(=O)c2ccc(F)cc2)C1)C(=O)N1CCCCCC1. The van der Waals surface area contributed by atoms with Crippen LogP contribution in [0, 0.1) is 11.7 Å². The van der Waals surface area contributed by atoms with Gasteiger partial charge in [-0.15, -0.1) is 0 Å². The van der Waals surface area contributed by atoms with Gasteiger partial charge in [-0.25, -0.2) is 12.8 Å². The number of esters is 1. The number of amides is 1. The molecule has 7 nitrogen and oxygen atoms in total. The number of halogens is 1. The molecule has 1 aromatic carbocycles. The third-order valence-corrected chi connectivity index (χ3v) is 7.61. The molecule has 166 valence electrons. The summed E-state index contributed by atoms with van der Waals surface area (Å²) in [5.41, 5.74) is 0. The van der Waals surface area contributed by atoms with Crippen molar-refractivity contribution < 1.29 is 27.1 Å². The van der Waals surface area contributed by atoms with Gasteiger partial charge in [0.25, 0.3) is 5.91 Å². The molecule has 0 radical (unpaired) electrons. The molecule has 2 heterocycles. The minimum Gasteiger partial charge on any atom is -0.452 e. The Bertz CT molecular complexity index is 851. The fourth-order valence-electron chi connectivity index (χ4n) is 3.98. The predicted molar refractivity (Wildman–Crippen MR) is 108 cm³/mol. The summed E-state index contributed by atoms with van der Waals surface area (Å²) >= 11 is 0. The summed E-state index contributed by atoms with van der Waals surface area (Å²) < 4.78 is 45.4. The van der Waals surface area contributed by atoms with Crippen LogP contribution in [0.2, 0.25) is 0 Å². The lowest BCUT2D eigenvalue weighted by molar-refractivity contribution is -0.163. The average Bonchev–Trinajstić information content (AvgIpc) is 3.03. The lowest BCUT2D eigenvalue weighted by Gasteiger charge is -2.31. The topological polar surface area (TPSA) is 84.0 Å². The lowest BCUT2D eigenvalue weighted by atomic mass is 10.00. The number of rotatable bonds is 5. The molecule has 0 spiro atoms. The van der Waals surface area contributed by atoms with Gasteiger partial charge in [-0.05, 0) is 56.9 Å². The molecule has 30 heavy (non-hydrogen) atoms. The first-order valence-corrected chi connectivity index (χ1v) is 12.0. The van der Waals surface area contributed by atoms with Crippen LogP contribution < -0.4 is 0 Å². The number of nitrogens with zero attached hydrogens (tertiary/aromatic N) is 2. The van der Waals surface area contributed by atoms with Gasteiger partial charge >= 0.3 is 5.97 Å². The second-order valence-corrected chi connectivity index (χ2v) is 9.91. The Balaban J connectivity index is 1.61. The lowest BCUT2D eigenvalue weighted by Crippen LogP contribution is -2.45. The molecule has 0 unspecified atom stereocenters. The van der Waals surface area contributed by atoms with Crippen LogP contribution in [0.25, 0.3) is 0 Å². The van der Waals surface area contributed by atoms with E-state index in [9.17, 15) is 22.4 Å². The van der Waals surface area contributed by atoms with Crippen LogP contribution in [0.15, 0.2) is 29.2 Å². The molecule has 2 saturated heterocycles. The van der Waals surface area contributed by atoms with E-state index < -0.39 is 33.8 Å². The minimum atomic E-state index is -3.83. The van der Waals surface area contributed by atoms with Crippen molar-refractivity contribution in [2.24, 2.45) is 5.92 Å². The smallest absolute Gasteiger partial charge is 0.311 e. The number of sulfonamides is 1. The molecule has 0 aromatic heterocycles. The maximum absolute atomic E-state index is 13.1. The van der Waals surface area contributed by atoms with Crippen molar-refractivity contribution in [3.8, 4) is 0 Å². The number of ether oxygens (including phenoxy) is 1. The highest BCUT2D eigenvalue weighted by atomic mass is 32.2. The van der Waals surface area contributed by atoms with E-state index in [0.29, 0.717) is 25.9 Å². The Hall–Kier alpha value is -2.00. The van der Waals surface area contributed by atoms with Crippen molar-refractivity contribution in [2.75, 3.05) is 26.2 Å². The summed E-state index contributed by atoms with van der Waals surface area (Å²) in [6.07, 6.45) is 4.21. The monoisotopic (exact) mass is 440 g/mol. The Morgan fingerprint density at radius 1 is 1.03 bits per heavy atom. The van der Waals surface area contributed by atoms with Gasteiger partial charge in [0.15, 0.2) is 6.10 Å². The van der Waals surface area contributed by atoms with Crippen LogP contribution in [0.5, 0.6) is 0 Å². The summed E-state index contributed by atoms with van der Waals surface area (Å²) in [4.78, 5) is 27.0. The molecule has 2 fully saturated rings. The normalized spacial score (nSPS) is 22.2. The van der Waals surface area contributed by atoms with E-state index in [4.69, 9.17) is 4.74 Å². The van der Waals surface area contributed by atoms with Crippen molar-refractivity contribution in [3.05, 3.63) is 30.1 Å². The van der Waals surface area contributed by atoms with E-state index in [1.165, 1.54) is 16.4 Å². The van der Waals surface area contributed by atoms with Gasteiger partial charge in [-0.3, -0.25) is 9.59 Å². The molecule has 0 aliphatic carbocycles. The predicted octanol–water partition coefficient (Wildman–Crippen LogP) is 2.56. The maximum atomic E-state index is 13.1. The van der Waals surface area contributed by atoms with E-state index >= 15 is 0 Å². The Morgan fingerprint density at radius 3 is 2.30 bits per heavy atom. The summed E-state index contributed by atoms with van der Waals surface area (Å²) in [6.45, 7) is 3.19. The highest BCUT2D eigenvalue weighted by Gasteiger charge is 2.35. The van der Waals surface area contributed by atoms with Crippen molar-refractivity contribution in [2.45, 2.75) is 56.4 Å². The molecule has 1 amide bonds. The molecule has 2 atom stereocenters. The molecule has 3 rings (SSSR count). The molecule has 0 bridgehead atoms. The second kappa shape index (κ2) is 9.87. The highest BCUT2D eigenvalue weighted by molar-refractivity contribution is 7.89. The van der Waals surface area contributed by atoms with Crippen molar-refractivity contribution in [3.63, 3.8) is 0 Å². The quantitative estimate of drug-likeness (QED) is 0.657. The first kappa shape index (κ1) is 22.7. The number of hydrogen-bond donors (Lipinski definition) is 0. The zero-order chi connectivity index (χ0) is 21.7. The number of carbonyl (C=O) groups is 2. The number of benzene rings is 1. The van der Waals surface area contributed by atoms with Crippen LogP contribution in [0.4, 0.5) is 4.39 Å². The Morgan fingerprint density at radius 2 is 1.67 bits per heavy atom. The summed E-state index contributed by atoms with van der Waals surface area (Å²) in [7, 11) is -3.83. The zero-order valence-electron chi connectivity index (χ0n) is 17.3. The molecule has 0 saturated carbocycles. The minimum absolute atomic E-state index is 0.0107. The fourth-order valence-corrected chi connectivity index (χ4v) is 5.50. The molecule has 2 aliphatic heterocycles. The van der Waals surface area contributed by atoms with E-state index in [0.717, 1.165) is 37.8 Å². The van der Waals surface area contributed by atoms with Crippen LogP contribution in [-0.2, 0) is 24.3 Å². The van der Waals surface area contributed by atoms with Crippen molar-refractivity contribution in [1.82, 2.24) is 9.21 Å². The van der Waals surface area contributed by atoms with Crippen LogP contribution in [0.3, 0.4) is 0 Å². The molecule has 9 heteroatoms. The highest BCUT2D eigenvalue weighted by Crippen LogP contribution is 2.25. The van der Waals surface area contributed by atoms with E-state index in [-0.39, 0.29) is 23.9 Å². The van der Waals surface area contributed by atoms with E-state index in [2.05, 4.69) is 0 Å². The largest absolute Gasteiger partial charge is 0.452 e. The van der Waals surface area contributed by atoms with Gasteiger partial charge in [0.1, 0.15) is 5.82 Å². The van der Waals surface area contributed by atoms with Gasteiger partial charge in [0.05, 0.1) is 10.8 Å². The molecular weight excluding hydrogens is 411 g/mol. The second-order valence-electron chi connectivity index (χ2n) is 7.97. The number of likely N-dealkylation sites (tertiary alicyclic amines) is 1. The van der Waals surface area contributed by atoms with E-state index in [1.807, 2.05) is 0 Å². The summed E-state index contributed by atoms with van der Waals surface area (Å²) in [6, 6.07) is 4.63. The summed E-state index contributed by atoms with van der Waals surface area (Å²) in [5, 5.41) is 0. The van der Waals surface area contributed by atoms with Gasteiger partial charge in [0, 0.05) is 26.2 Å². The van der Waals surface area contributed by atoms with Crippen molar-refractivity contribution in [1.29, 1.82) is 0 Å².